The van der Waals surface area contributed by atoms with Crippen LogP contribution in [0.2, 0.25) is 0 Å². The molecule has 0 bridgehead atoms. The highest BCUT2D eigenvalue weighted by Crippen LogP contribution is 2.35. The van der Waals surface area contributed by atoms with Crippen molar-refractivity contribution < 1.29 is 37.4 Å². The monoisotopic (exact) mass is 461 g/mol. The van der Waals surface area contributed by atoms with Crippen molar-refractivity contribution in [2.24, 2.45) is 0 Å². The van der Waals surface area contributed by atoms with Gasteiger partial charge >= 0.3 is 5.97 Å². The summed E-state index contributed by atoms with van der Waals surface area (Å²) < 4.78 is 48.2. The molecule has 1 atom stereocenters. The molecule has 2 amide bonds. The minimum absolute atomic E-state index is 0.0493. The minimum Gasteiger partial charge on any atom is -0.486 e. The lowest BCUT2D eigenvalue weighted by Crippen LogP contribution is -2.43. The number of thiophene rings is 1. The lowest BCUT2D eigenvalue weighted by Gasteiger charge is -2.26. The molecule has 1 unspecified atom stereocenters. The van der Waals surface area contributed by atoms with Crippen LogP contribution in [0.1, 0.15) is 44.2 Å². The summed E-state index contributed by atoms with van der Waals surface area (Å²) >= 11 is 0.804. The van der Waals surface area contributed by atoms with Gasteiger partial charge in [0.15, 0.2) is 0 Å². The van der Waals surface area contributed by atoms with Crippen molar-refractivity contribution in [3.8, 4) is 5.75 Å². The molecule has 1 aromatic heterocycles. The van der Waals surface area contributed by atoms with Crippen LogP contribution in [0.5, 0.6) is 5.75 Å². The number of ether oxygens (including phenoxy) is 1. The Balaban J connectivity index is 1.70. The van der Waals surface area contributed by atoms with E-state index in [9.17, 15) is 32.7 Å². The van der Waals surface area contributed by atoms with E-state index in [1.54, 1.807) is 0 Å². The van der Waals surface area contributed by atoms with Crippen molar-refractivity contribution in [3.05, 3.63) is 80.8 Å². The first-order valence-corrected chi connectivity index (χ1v) is 10.2. The fraction of sp³-hybridized carbons (Fsp3) is 0.136. The predicted molar refractivity (Wildman–Crippen MR) is 109 cm³/mol. The van der Waals surface area contributed by atoms with Gasteiger partial charge < -0.3 is 9.84 Å². The third kappa shape index (κ3) is 3.62. The average Bonchev–Trinajstić information content (AvgIpc) is 3.14. The summed E-state index contributed by atoms with van der Waals surface area (Å²) in [6, 6.07) is 6.52. The molecule has 1 aliphatic rings. The Morgan fingerprint density at radius 1 is 1.12 bits per heavy atom. The molecule has 0 radical (unpaired) electrons. The number of carbonyl (C=O) groups excluding carboxylic acids is 2. The number of rotatable bonds is 5. The van der Waals surface area contributed by atoms with Crippen LogP contribution in [-0.4, -0.2) is 22.9 Å². The van der Waals surface area contributed by atoms with Crippen molar-refractivity contribution in [1.29, 1.82) is 0 Å². The van der Waals surface area contributed by atoms with Crippen LogP contribution in [0, 0.1) is 17.5 Å². The van der Waals surface area contributed by atoms with Gasteiger partial charge in [0.05, 0.1) is 23.2 Å². The molecule has 0 saturated heterocycles. The fourth-order valence-electron chi connectivity index (χ4n) is 3.53. The fourth-order valence-corrected chi connectivity index (χ4v) is 4.42. The standard InChI is InChI=1S/C22H14F3NO5S/c1-10(18-14(24)3-2-4-15(18)25)31-12-5-6-13(23)16(8-12)26-17(27)7-11-9-32-20(22(29)30)19(11)21(26)28/h2-6,8-10H,7H2,1H3,(H,29,30). The molecule has 0 saturated carbocycles. The lowest BCUT2D eigenvalue weighted by molar-refractivity contribution is -0.117. The SMILES string of the molecule is CC(Oc1ccc(F)c(N2C(=O)Cc3csc(C(=O)O)c3C2=O)c1)c1c(F)cccc1F. The number of nitrogens with zero attached hydrogens (tertiary/aromatic N) is 1. The number of carbonyl (C=O) groups is 3. The van der Waals surface area contributed by atoms with E-state index < -0.39 is 47.0 Å². The molecule has 0 spiro atoms. The molecular weight excluding hydrogens is 447 g/mol. The topological polar surface area (TPSA) is 83.9 Å². The summed E-state index contributed by atoms with van der Waals surface area (Å²) in [7, 11) is 0. The molecule has 1 N–H and O–H groups in total. The van der Waals surface area contributed by atoms with Gasteiger partial charge in [-0.15, -0.1) is 11.3 Å². The largest absolute Gasteiger partial charge is 0.486 e. The van der Waals surface area contributed by atoms with Crippen molar-refractivity contribution in [2.45, 2.75) is 19.4 Å². The predicted octanol–water partition coefficient (Wildman–Crippen LogP) is 4.73. The third-order valence-corrected chi connectivity index (χ3v) is 5.96. The van der Waals surface area contributed by atoms with Crippen LogP contribution in [-0.2, 0) is 11.2 Å². The molecule has 6 nitrogen and oxygen atoms in total. The summed E-state index contributed by atoms with van der Waals surface area (Å²) in [4.78, 5) is 37.3. The zero-order valence-electron chi connectivity index (χ0n) is 16.4. The number of carboxylic acid groups (broad SMARTS) is 1. The highest BCUT2D eigenvalue weighted by Gasteiger charge is 2.38. The normalized spacial score (nSPS) is 14.3. The number of carboxylic acids is 1. The van der Waals surface area contributed by atoms with Crippen LogP contribution in [0.15, 0.2) is 41.8 Å². The van der Waals surface area contributed by atoms with Gasteiger partial charge in [-0.2, -0.15) is 0 Å². The maximum atomic E-state index is 14.6. The Labute approximate surface area is 183 Å². The van der Waals surface area contributed by atoms with E-state index in [0.29, 0.717) is 4.90 Å². The average molecular weight is 461 g/mol. The number of hydrogen-bond donors (Lipinski definition) is 1. The number of amides is 2. The van der Waals surface area contributed by atoms with Crippen LogP contribution >= 0.6 is 11.3 Å². The third-order valence-electron chi connectivity index (χ3n) is 4.95. The summed E-state index contributed by atoms with van der Waals surface area (Å²) in [5.74, 6) is -5.69. The first-order chi connectivity index (χ1) is 15.2. The number of halogens is 3. The maximum absolute atomic E-state index is 14.6. The Morgan fingerprint density at radius 2 is 1.81 bits per heavy atom. The number of anilines is 1. The van der Waals surface area contributed by atoms with Gasteiger partial charge in [0.1, 0.15) is 34.2 Å². The molecule has 1 aliphatic heterocycles. The molecule has 3 aromatic rings. The minimum atomic E-state index is -1.34. The van der Waals surface area contributed by atoms with Crippen molar-refractivity contribution >= 4 is 34.8 Å². The molecule has 164 valence electrons. The number of aromatic carboxylic acids is 1. The smallest absolute Gasteiger partial charge is 0.346 e. The van der Waals surface area contributed by atoms with Crippen molar-refractivity contribution in [2.75, 3.05) is 4.90 Å². The molecular formula is C22H14F3NO5S. The zero-order valence-corrected chi connectivity index (χ0v) is 17.2. The Morgan fingerprint density at radius 3 is 2.47 bits per heavy atom. The first kappa shape index (κ1) is 21.6. The molecule has 32 heavy (non-hydrogen) atoms. The van der Waals surface area contributed by atoms with E-state index >= 15 is 0 Å². The van der Waals surface area contributed by atoms with Gasteiger partial charge in [0.2, 0.25) is 5.91 Å². The van der Waals surface area contributed by atoms with E-state index in [-0.39, 0.29) is 33.7 Å². The van der Waals surface area contributed by atoms with Gasteiger partial charge in [0, 0.05) is 6.07 Å². The van der Waals surface area contributed by atoms with Crippen LogP contribution in [0.25, 0.3) is 0 Å². The second kappa shape index (κ2) is 8.12. The van der Waals surface area contributed by atoms with Gasteiger partial charge in [-0.1, -0.05) is 6.07 Å². The number of imide groups is 1. The number of benzene rings is 2. The second-order valence-electron chi connectivity index (χ2n) is 6.99. The summed E-state index contributed by atoms with van der Waals surface area (Å²) in [6.07, 6.45) is -1.39. The maximum Gasteiger partial charge on any atom is 0.346 e. The van der Waals surface area contributed by atoms with E-state index in [1.165, 1.54) is 24.4 Å². The second-order valence-corrected chi connectivity index (χ2v) is 7.87. The molecule has 2 aromatic carbocycles. The Bertz CT molecular complexity index is 1250. The highest BCUT2D eigenvalue weighted by atomic mass is 32.1. The van der Waals surface area contributed by atoms with Crippen LogP contribution in [0.4, 0.5) is 18.9 Å². The Kier molecular flexibility index (Phi) is 5.47. The first-order valence-electron chi connectivity index (χ1n) is 9.30. The molecule has 2 heterocycles. The van der Waals surface area contributed by atoms with E-state index in [2.05, 4.69) is 0 Å². The molecule has 0 aliphatic carbocycles. The van der Waals surface area contributed by atoms with Gasteiger partial charge in [-0.05, 0) is 42.1 Å². The van der Waals surface area contributed by atoms with Crippen molar-refractivity contribution in [1.82, 2.24) is 0 Å². The summed E-state index contributed by atoms with van der Waals surface area (Å²) in [6.45, 7) is 1.39. The molecule has 4 rings (SSSR count). The van der Waals surface area contributed by atoms with E-state index in [0.717, 1.165) is 35.6 Å². The van der Waals surface area contributed by atoms with Crippen LogP contribution in [0.3, 0.4) is 0 Å². The van der Waals surface area contributed by atoms with E-state index in [1.807, 2.05) is 0 Å². The summed E-state index contributed by atoms with van der Waals surface area (Å²) in [5, 5.41) is 10.7. The molecule has 0 fully saturated rings. The van der Waals surface area contributed by atoms with Gasteiger partial charge in [-0.3, -0.25) is 9.59 Å². The van der Waals surface area contributed by atoms with E-state index in [4.69, 9.17) is 4.74 Å². The van der Waals surface area contributed by atoms with Crippen molar-refractivity contribution in [3.63, 3.8) is 0 Å². The van der Waals surface area contributed by atoms with Gasteiger partial charge in [0.25, 0.3) is 5.91 Å². The number of fused-ring (bicyclic) bond motifs is 1. The lowest BCUT2D eigenvalue weighted by atomic mass is 10.0. The zero-order chi connectivity index (χ0) is 23.2. The Hall–Kier alpha value is -3.66. The quantitative estimate of drug-likeness (QED) is 0.556. The molecule has 10 heteroatoms. The number of hydrogen-bond acceptors (Lipinski definition) is 5. The highest BCUT2D eigenvalue weighted by molar-refractivity contribution is 7.12. The summed E-state index contributed by atoms with van der Waals surface area (Å²) in [5.41, 5.74) is -0.700. The van der Waals surface area contributed by atoms with Crippen LogP contribution < -0.4 is 9.64 Å². The van der Waals surface area contributed by atoms with Gasteiger partial charge in [-0.25, -0.2) is 22.9 Å².